The second-order valence-corrected chi connectivity index (χ2v) is 11.2. The molecule has 11 heteroatoms. The normalized spacial score (nSPS) is 28.9. The fourth-order valence-electron chi connectivity index (χ4n) is 5.66. The average Bonchev–Trinajstić information content (AvgIpc) is 3.50. The van der Waals surface area contributed by atoms with Gasteiger partial charge >= 0.3 is 0 Å². The monoisotopic (exact) mass is 550 g/mol. The molecule has 7 rings (SSSR count). The van der Waals surface area contributed by atoms with Crippen LogP contribution in [0.15, 0.2) is 65.4 Å². The molecule has 1 aliphatic carbocycles. The highest BCUT2D eigenvalue weighted by atomic mass is 35.5. The summed E-state index contributed by atoms with van der Waals surface area (Å²) in [6.45, 7) is 0.437. The number of amides is 1. The Labute approximate surface area is 230 Å². The van der Waals surface area contributed by atoms with Gasteiger partial charge in [-0.05, 0) is 55.0 Å². The second kappa shape index (κ2) is 9.48. The fourth-order valence-corrected chi connectivity index (χ4v) is 6.42. The number of halogens is 2. The largest absolute Gasteiger partial charge is 0.375 e. The molecule has 4 aliphatic rings. The number of imidazole rings is 1. The number of hydrazine groups is 1. The molecule has 4 heterocycles. The van der Waals surface area contributed by atoms with Gasteiger partial charge in [-0.2, -0.15) is 5.01 Å². The molecule has 3 aliphatic heterocycles. The number of nitrogens with zero attached hydrogens (tertiary/aromatic N) is 4. The van der Waals surface area contributed by atoms with Gasteiger partial charge in [0.2, 0.25) is 5.91 Å². The summed E-state index contributed by atoms with van der Waals surface area (Å²) in [6.07, 6.45) is 6.19. The summed E-state index contributed by atoms with van der Waals surface area (Å²) in [5, 5.41) is 7.47. The van der Waals surface area contributed by atoms with Crippen LogP contribution in [0.5, 0.6) is 0 Å². The molecule has 5 unspecified atom stereocenters. The lowest BCUT2D eigenvalue weighted by Crippen LogP contribution is -2.61. The number of para-hydroxylation sites is 2. The molecule has 196 valence electrons. The minimum Gasteiger partial charge on any atom is -0.375 e. The Morgan fingerprint density at radius 1 is 1.08 bits per heavy atom. The van der Waals surface area contributed by atoms with E-state index < -0.39 is 16.8 Å². The lowest BCUT2D eigenvalue weighted by Gasteiger charge is -2.46. The summed E-state index contributed by atoms with van der Waals surface area (Å²) < 4.78 is 0. The number of nitrogens with one attached hydrogen (secondary N) is 4. The van der Waals surface area contributed by atoms with E-state index in [0.29, 0.717) is 19.0 Å². The maximum absolute atomic E-state index is 13.7. The van der Waals surface area contributed by atoms with Gasteiger partial charge in [-0.15, -0.1) is 11.6 Å². The first kappa shape index (κ1) is 23.8. The smallest absolute Gasteiger partial charge is 0.239 e. The number of hydrogen-bond acceptors (Lipinski definition) is 7. The molecule has 1 amide bonds. The Kier molecular flexibility index (Phi) is 5.94. The van der Waals surface area contributed by atoms with E-state index in [1.54, 1.807) is 11.3 Å². The number of hydrogen-bond donors (Lipinski definition) is 4. The van der Waals surface area contributed by atoms with Gasteiger partial charge in [-0.3, -0.25) is 10.2 Å². The molecule has 2 fully saturated rings. The van der Waals surface area contributed by atoms with Crippen LogP contribution in [0.4, 0.5) is 5.69 Å². The number of aromatic nitrogens is 2. The van der Waals surface area contributed by atoms with Gasteiger partial charge in [0.15, 0.2) is 0 Å². The van der Waals surface area contributed by atoms with E-state index in [1.165, 1.54) is 18.4 Å². The molecule has 0 spiro atoms. The third kappa shape index (κ3) is 4.19. The van der Waals surface area contributed by atoms with Crippen LogP contribution in [0.2, 0.25) is 0 Å². The SMILES string of the molecule is O=C(NN1CNC=C2N=CNC21)C1CC(c2nc3ccccc3[nH]2)N(c2ccc(C3CC3)cc2)C(Cl)C1Cl. The van der Waals surface area contributed by atoms with Crippen LogP contribution in [-0.2, 0) is 4.79 Å². The Balaban J connectivity index is 1.20. The van der Waals surface area contributed by atoms with Gasteiger partial charge in [-0.25, -0.2) is 9.98 Å². The van der Waals surface area contributed by atoms with Gasteiger partial charge in [0, 0.05) is 11.9 Å². The van der Waals surface area contributed by atoms with Crippen LogP contribution in [0.3, 0.4) is 0 Å². The van der Waals surface area contributed by atoms with Gasteiger partial charge in [0.1, 0.15) is 17.5 Å². The molecule has 1 saturated heterocycles. The molecule has 3 aromatic rings. The average molecular weight is 551 g/mol. The number of aliphatic imine (C=N–C) groups is 1. The molecular weight excluding hydrogens is 523 g/mol. The molecule has 1 aromatic heterocycles. The first-order valence-corrected chi connectivity index (χ1v) is 13.8. The quantitative estimate of drug-likeness (QED) is 0.284. The highest BCUT2D eigenvalue weighted by molar-refractivity contribution is 6.32. The summed E-state index contributed by atoms with van der Waals surface area (Å²) in [4.78, 5) is 28.4. The molecular formula is C27H28Cl2N8O. The van der Waals surface area contributed by atoms with Crippen LogP contribution >= 0.6 is 23.2 Å². The van der Waals surface area contributed by atoms with Crippen LogP contribution in [0.25, 0.3) is 11.0 Å². The lowest BCUT2D eigenvalue weighted by atomic mass is 9.88. The Hall–Kier alpha value is -3.27. The molecule has 0 bridgehead atoms. The number of alkyl halides is 2. The summed E-state index contributed by atoms with van der Waals surface area (Å²) >= 11 is 14.1. The van der Waals surface area contributed by atoms with Crippen molar-refractivity contribution in [2.24, 2.45) is 10.9 Å². The Morgan fingerprint density at radius 2 is 1.89 bits per heavy atom. The van der Waals surface area contributed by atoms with Crippen molar-refractivity contribution < 1.29 is 4.79 Å². The third-order valence-electron chi connectivity index (χ3n) is 7.83. The van der Waals surface area contributed by atoms with E-state index in [-0.39, 0.29) is 18.1 Å². The van der Waals surface area contributed by atoms with Crippen LogP contribution in [0, 0.1) is 5.92 Å². The predicted octanol–water partition coefficient (Wildman–Crippen LogP) is 3.87. The summed E-state index contributed by atoms with van der Waals surface area (Å²) in [6, 6.07) is 16.2. The highest BCUT2D eigenvalue weighted by Crippen LogP contribution is 2.45. The first-order valence-electron chi connectivity index (χ1n) is 13.0. The van der Waals surface area contributed by atoms with Crippen LogP contribution in [0.1, 0.15) is 42.6 Å². The minimum atomic E-state index is -0.631. The van der Waals surface area contributed by atoms with Crippen molar-refractivity contribution in [3.8, 4) is 0 Å². The van der Waals surface area contributed by atoms with Gasteiger partial charge < -0.3 is 20.5 Å². The molecule has 1 saturated carbocycles. The summed E-state index contributed by atoms with van der Waals surface area (Å²) in [7, 11) is 0. The minimum absolute atomic E-state index is 0.183. The number of carbonyl (C=O) groups excluding carboxylic acids is 1. The zero-order valence-corrected chi connectivity index (χ0v) is 22.0. The van der Waals surface area contributed by atoms with E-state index in [4.69, 9.17) is 28.2 Å². The van der Waals surface area contributed by atoms with Crippen molar-refractivity contribution in [3.05, 3.63) is 71.8 Å². The third-order valence-corrected chi connectivity index (χ3v) is 8.98. The zero-order valence-electron chi connectivity index (χ0n) is 20.5. The van der Waals surface area contributed by atoms with Gasteiger partial charge in [0.05, 0.1) is 47.1 Å². The number of H-pyrrole nitrogens is 1. The number of piperidine rings is 1. The molecule has 38 heavy (non-hydrogen) atoms. The first-order chi connectivity index (χ1) is 18.6. The van der Waals surface area contributed by atoms with Crippen molar-refractivity contribution >= 4 is 52.2 Å². The van der Waals surface area contributed by atoms with Crippen molar-refractivity contribution in [1.82, 2.24) is 31.0 Å². The Morgan fingerprint density at radius 3 is 2.68 bits per heavy atom. The molecule has 9 nitrogen and oxygen atoms in total. The highest BCUT2D eigenvalue weighted by Gasteiger charge is 2.47. The van der Waals surface area contributed by atoms with E-state index in [1.807, 2.05) is 30.5 Å². The molecule has 0 radical (unpaired) electrons. The lowest BCUT2D eigenvalue weighted by molar-refractivity contribution is -0.132. The van der Waals surface area contributed by atoms with Gasteiger partial charge in [0.25, 0.3) is 0 Å². The molecule has 2 aromatic carbocycles. The summed E-state index contributed by atoms with van der Waals surface area (Å²) in [5.41, 5.74) is 7.35. The molecule has 4 N–H and O–H groups in total. The van der Waals surface area contributed by atoms with Crippen molar-refractivity contribution in [2.45, 2.75) is 48.3 Å². The van der Waals surface area contributed by atoms with Crippen molar-refractivity contribution in [1.29, 1.82) is 0 Å². The van der Waals surface area contributed by atoms with E-state index >= 15 is 0 Å². The predicted molar refractivity (Wildman–Crippen MR) is 149 cm³/mol. The second-order valence-electron chi connectivity index (χ2n) is 10.3. The number of anilines is 1. The fraction of sp³-hybridized carbons (Fsp3) is 0.370. The number of aromatic amines is 1. The van der Waals surface area contributed by atoms with E-state index in [0.717, 1.165) is 28.2 Å². The molecule has 5 atom stereocenters. The maximum Gasteiger partial charge on any atom is 0.239 e. The van der Waals surface area contributed by atoms with Crippen LogP contribution < -0.4 is 21.0 Å². The van der Waals surface area contributed by atoms with Crippen molar-refractivity contribution in [2.75, 3.05) is 11.6 Å². The van der Waals surface area contributed by atoms with Crippen molar-refractivity contribution in [3.63, 3.8) is 0 Å². The van der Waals surface area contributed by atoms with Crippen LogP contribution in [-0.4, -0.2) is 50.9 Å². The number of fused-ring (bicyclic) bond motifs is 2. The summed E-state index contributed by atoms with van der Waals surface area (Å²) in [5.74, 6) is 0.699. The number of carbonyl (C=O) groups is 1. The zero-order chi connectivity index (χ0) is 25.8. The maximum atomic E-state index is 13.7. The number of rotatable bonds is 5. The van der Waals surface area contributed by atoms with E-state index in [2.05, 4.69) is 55.2 Å². The van der Waals surface area contributed by atoms with Gasteiger partial charge in [-0.1, -0.05) is 35.9 Å². The van der Waals surface area contributed by atoms with E-state index in [9.17, 15) is 4.79 Å². The topological polar surface area (TPSA) is 101 Å². The Bertz CT molecular complexity index is 1380. The number of benzene rings is 2. The standard InChI is InChI=1S/C27H28Cl2N8O/c28-23-18(27(38)35-36-14-30-12-21-26(36)32-13-31-21)11-22(25-33-19-3-1-2-4-20(19)34-25)37(24(23)29)17-9-7-16(8-10-17)15-5-6-15/h1-4,7-10,12-13,15,18,22-24,26,30H,5-6,11,14H2,(H,31,32)(H,33,34)(H,35,38).